The molecule has 1 saturated heterocycles. The standard InChI is InChI=1S/C23H26N4OS/c1-18(19-8-4-2-5-9-19)24-23(28)21-17-29-22(25-21)16-26-12-14-27(15-13-26)20-10-6-3-7-11-20/h2-11,17-18H,12-16H2,1H3,(H,24,28). The summed E-state index contributed by atoms with van der Waals surface area (Å²) in [5, 5.41) is 5.90. The molecular formula is C23H26N4OS. The van der Waals surface area contributed by atoms with Crippen LogP contribution in [-0.2, 0) is 6.54 Å². The molecule has 4 rings (SSSR count). The summed E-state index contributed by atoms with van der Waals surface area (Å²) >= 11 is 1.56. The SMILES string of the molecule is CC(NC(=O)c1csc(CN2CCN(c3ccccc3)CC2)n1)c1ccccc1. The second-order valence-electron chi connectivity index (χ2n) is 7.33. The van der Waals surface area contributed by atoms with Crippen LogP contribution in [0, 0.1) is 0 Å². The van der Waals surface area contributed by atoms with E-state index in [9.17, 15) is 4.79 Å². The van der Waals surface area contributed by atoms with Crippen LogP contribution >= 0.6 is 11.3 Å². The van der Waals surface area contributed by atoms with Crippen LogP contribution in [0.4, 0.5) is 5.69 Å². The van der Waals surface area contributed by atoms with E-state index in [0.29, 0.717) is 5.69 Å². The Hall–Kier alpha value is -2.70. The number of hydrogen-bond donors (Lipinski definition) is 1. The first-order chi connectivity index (χ1) is 14.2. The van der Waals surface area contributed by atoms with Gasteiger partial charge in [0.05, 0.1) is 12.6 Å². The maximum absolute atomic E-state index is 12.5. The second kappa shape index (κ2) is 9.20. The van der Waals surface area contributed by atoms with Gasteiger partial charge < -0.3 is 10.2 Å². The summed E-state index contributed by atoms with van der Waals surface area (Å²) in [4.78, 5) is 22.0. The predicted octanol–water partition coefficient (Wildman–Crippen LogP) is 3.96. The smallest absolute Gasteiger partial charge is 0.271 e. The number of nitrogens with zero attached hydrogens (tertiary/aromatic N) is 3. The summed E-state index contributed by atoms with van der Waals surface area (Å²) in [5.74, 6) is -0.113. The van der Waals surface area contributed by atoms with E-state index in [2.05, 4.69) is 50.4 Å². The second-order valence-corrected chi connectivity index (χ2v) is 8.27. The predicted molar refractivity (Wildman–Crippen MR) is 118 cm³/mol. The highest BCUT2D eigenvalue weighted by Gasteiger charge is 2.19. The molecule has 1 unspecified atom stereocenters. The molecular weight excluding hydrogens is 380 g/mol. The number of carbonyl (C=O) groups excluding carboxylic acids is 1. The van der Waals surface area contributed by atoms with E-state index < -0.39 is 0 Å². The fourth-order valence-corrected chi connectivity index (χ4v) is 4.39. The van der Waals surface area contributed by atoms with Gasteiger partial charge in [-0.1, -0.05) is 48.5 Å². The van der Waals surface area contributed by atoms with Gasteiger partial charge in [0, 0.05) is 37.2 Å². The lowest BCUT2D eigenvalue weighted by atomic mass is 10.1. The highest BCUT2D eigenvalue weighted by molar-refractivity contribution is 7.09. The number of rotatable bonds is 6. The third-order valence-electron chi connectivity index (χ3n) is 5.28. The Morgan fingerprint density at radius 2 is 1.69 bits per heavy atom. The third-order valence-corrected chi connectivity index (χ3v) is 6.12. The van der Waals surface area contributed by atoms with Crippen molar-refractivity contribution in [2.24, 2.45) is 0 Å². The molecule has 0 radical (unpaired) electrons. The molecule has 29 heavy (non-hydrogen) atoms. The van der Waals surface area contributed by atoms with Crippen molar-refractivity contribution in [3.8, 4) is 0 Å². The number of nitrogens with one attached hydrogen (secondary N) is 1. The number of amides is 1. The monoisotopic (exact) mass is 406 g/mol. The number of thiazole rings is 1. The van der Waals surface area contributed by atoms with Crippen LogP contribution in [0.5, 0.6) is 0 Å². The average Bonchev–Trinajstić information content (AvgIpc) is 3.24. The zero-order valence-electron chi connectivity index (χ0n) is 16.6. The summed E-state index contributed by atoms with van der Waals surface area (Å²) in [6.07, 6.45) is 0. The van der Waals surface area contributed by atoms with E-state index >= 15 is 0 Å². The molecule has 1 aliphatic heterocycles. The van der Waals surface area contributed by atoms with Crippen molar-refractivity contribution in [3.63, 3.8) is 0 Å². The average molecular weight is 407 g/mol. The molecule has 6 heteroatoms. The Labute approximate surface area is 176 Å². The van der Waals surface area contributed by atoms with Crippen LogP contribution < -0.4 is 10.2 Å². The Kier molecular flexibility index (Phi) is 6.22. The largest absolute Gasteiger partial charge is 0.369 e. The van der Waals surface area contributed by atoms with Gasteiger partial charge in [0.1, 0.15) is 10.7 Å². The van der Waals surface area contributed by atoms with Crippen molar-refractivity contribution in [1.29, 1.82) is 0 Å². The summed E-state index contributed by atoms with van der Waals surface area (Å²) < 4.78 is 0. The number of para-hydroxylation sites is 1. The first-order valence-electron chi connectivity index (χ1n) is 10.0. The van der Waals surface area contributed by atoms with Crippen LogP contribution in [0.2, 0.25) is 0 Å². The fraction of sp³-hybridized carbons (Fsp3) is 0.304. The van der Waals surface area contributed by atoms with Crippen LogP contribution in [-0.4, -0.2) is 42.0 Å². The minimum absolute atomic E-state index is 0.0417. The van der Waals surface area contributed by atoms with E-state index in [1.165, 1.54) is 5.69 Å². The Bertz CT molecular complexity index is 920. The molecule has 1 N–H and O–H groups in total. The van der Waals surface area contributed by atoms with Crippen molar-refractivity contribution in [3.05, 3.63) is 82.3 Å². The lowest BCUT2D eigenvalue weighted by Crippen LogP contribution is -2.45. The van der Waals surface area contributed by atoms with E-state index in [1.807, 2.05) is 42.6 Å². The number of aromatic nitrogens is 1. The van der Waals surface area contributed by atoms with Gasteiger partial charge in [-0.15, -0.1) is 11.3 Å². The molecule has 1 fully saturated rings. The molecule has 3 aromatic rings. The van der Waals surface area contributed by atoms with Crippen molar-refractivity contribution in [2.45, 2.75) is 19.5 Å². The van der Waals surface area contributed by atoms with Crippen molar-refractivity contribution < 1.29 is 4.79 Å². The zero-order valence-corrected chi connectivity index (χ0v) is 17.4. The van der Waals surface area contributed by atoms with E-state index in [4.69, 9.17) is 0 Å². The lowest BCUT2D eigenvalue weighted by molar-refractivity contribution is 0.0935. The molecule has 1 aliphatic rings. The topological polar surface area (TPSA) is 48.5 Å². The summed E-state index contributed by atoms with van der Waals surface area (Å²) in [6, 6.07) is 20.5. The highest BCUT2D eigenvalue weighted by atomic mass is 32.1. The number of piperazine rings is 1. The minimum atomic E-state index is -0.113. The van der Waals surface area contributed by atoms with E-state index in [-0.39, 0.29) is 11.9 Å². The van der Waals surface area contributed by atoms with Crippen molar-refractivity contribution in [2.75, 3.05) is 31.1 Å². The molecule has 0 bridgehead atoms. The zero-order chi connectivity index (χ0) is 20.1. The molecule has 1 aromatic heterocycles. The van der Waals surface area contributed by atoms with Gasteiger partial charge >= 0.3 is 0 Å². The Morgan fingerprint density at radius 1 is 1.03 bits per heavy atom. The Balaban J connectivity index is 1.29. The third kappa shape index (κ3) is 5.02. The number of anilines is 1. The highest BCUT2D eigenvalue weighted by Crippen LogP contribution is 2.19. The molecule has 0 aliphatic carbocycles. The van der Waals surface area contributed by atoms with Gasteiger partial charge in [0.2, 0.25) is 0 Å². The maximum Gasteiger partial charge on any atom is 0.271 e. The first kappa shape index (κ1) is 19.6. The van der Waals surface area contributed by atoms with Crippen LogP contribution in [0.15, 0.2) is 66.0 Å². The molecule has 2 heterocycles. The minimum Gasteiger partial charge on any atom is -0.369 e. The number of carbonyl (C=O) groups is 1. The summed E-state index contributed by atoms with van der Waals surface area (Å²) in [6.45, 7) is 6.82. The molecule has 1 atom stereocenters. The lowest BCUT2D eigenvalue weighted by Gasteiger charge is -2.35. The maximum atomic E-state index is 12.5. The van der Waals surface area contributed by atoms with Crippen molar-refractivity contribution in [1.82, 2.24) is 15.2 Å². The van der Waals surface area contributed by atoms with Crippen LogP contribution in [0.3, 0.4) is 0 Å². The van der Waals surface area contributed by atoms with Gasteiger partial charge in [-0.3, -0.25) is 9.69 Å². The summed E-state index contributed by atoms with van der Waals surface area (Å²) in [7, 11) is 0. The molecule has 2 aromatic carbocycles. The van der Waals surface area contributed by atoms with Gasteiger partial charge in [-0.2, -0.15) is 0 Å². The molecule has 0 spiro atoms. The van der Waals surface area contributed by atoms with Gasteiger partial charge in [0.15, 0.2) is 0 Å². The molecule has 0 saturated carbocycles. The van der Waals surface area contributed by atoms with E-state index in [1.54, 1.807) is 11.3 Å². The van der Waals surface area contributed by atoms with Gasteiger partial charge in [-0.25, -0.2) is 4.98 Å². The van der Waals surface area contributed by atoms with Crippen molar-refractivity contribution >= 4 is 22.9 Å². The Morgan fingerprint density at radius 3 is 2.38 bits per heavy atom. The van der Waals surface area contributed by atoms with Gasteiger partial charge in [0.25, 0.3) is 5.91 Å². The summed E-state index contributed by atoms with van der Waals surface area (Å²) in [5.41, 5.74) is 2.89. The first-order valence-corrected chi connectivity index (χ1v) is 10.9. The number of benzene rings is 2. The normalized spacial score (nSPS) is 15.8. The quantitative estimate of drug-likeness (QED) is 0.673. The van der Waals surface area contributed by atoms with E-state index in [0.717, 1.165) is 43.3 Å². The fourth-order valence-electron chi connectivity index (χ4n) is 3.58. The molecule has 5 nitrogen and oxygen atoms in total. The molecule has 150 valence electrons. The van der Waals surface area contributed by atoms with Crippen LogP contribution in [0.1, 0.15) is 34.0 Å². The van der Waals surface area contributed by atoms with Gasteiger partial charge in [-0.05, 0) is 24.6 Å². The number of hydrogen-bond acceptors (Lipinski definition) is 5. The van der Waals surface area contributed by atoms with Crippen LogP contribution in [0.25, 0.3) is 0 Å². The molecule has 1 amide bonds.